The number of nitrogens with zero attached hydrogens (tertiary/aromatic N) is 1. The fourth-order valence-corrected chi connectivity index (χ4v) is 5.39. The molecule has 3 aromatic carbocycles. The summed E-state index contributed by atoms with van der Waals surface area (Å²) in [4.78, 5) is 43.0. The Morgan fingerprint density at radius 2 is 1.48 bits per heavy atom. The molecule has 4 bridgehead atoms. The van der Waals surface area contributed by atoms with Crippen molar-refractivity contribution in [3.05, 3.63) is 95.6 Å². The van der Waals surface area contributed by atoms with Crippen LogP contribution in [0.4, 0.5) is 0 Å². The number of hydrogen-bond donors (Lipinski definition) is 3. The second-order valence-corrected chi connectivity index (χ2v) is 10.6. The minimum atomic E-state index is -0.821. The van der Waals surface area contributed by atoms with Crippen LogP contribution < -0.4 is 20.7 Å². The van der Waals surface area contributed by atoms with Gasteiger partial charge in [-0.2, -0.15) is 0 Å². The molecule has 0 saturated heterocycles. The molecule has 8 heteroatoms. The lowest BCUT2D eigenvalue weighted by Gasteiger charge is -2.31. The van der Waals surface area contributed by atoms with Crippen molar-refractivity contribution in [2.45, 2.75) is 64.6 Å². The number of carbonyl (C=O) groups excluding carboxylic acids is 3. The first-order valence-corrected chi connectivity index (χ1v) is 14.9. The highest BCUT2D eigenvalue weighted by molar-refractivity contribution is 5.93. The maximum atomic E-state index is 13.9. The molecule has 42 heavy (non-hydrogen) atoms. The molecule has 0 radical (unpaired) electrons. The van der Waals surface area contributed by atoms with Crippen molar-refractivity contribution >= 4 is 17.7 Å². The number of aryl methyl sites for hydroxylation is 1. The van der Waals surface area contributed by atoms with Crippen LogP contribution in [0.3, 0.4) is 0 Å². The van der Waals surface area contributed by atoms with Crippen LogP contribution in [-0.2, 0) is 33.6 Å². The van der Waals surface area contributed by atoms with Crippen LogP contribution in [0.2, 0.25) is 0 Å². The number of likely N-dealkylation sites (N-methyl/N-ethyl adjacent to an activating group) is 2. The number of hydrogen-bond acceptors (Lipinski definition) is 5. The number of nitrogens with one attached hydrogen (secondary N) is 3. The van der Waals surface area contributed by atoms with Gasteiger partial charge in [0.2, 0.25) is 17.7 Å². The molecule has 222 valence electrons. The molecule has 0 saturated carbocycles. The van der Waals surface area contributed by atoms with Gasteiger partial charge in [0.15, 0.2) is 0 Å². The maximum absolute atomic E-state index is 13.9. The third-order valence-electron chi connectivity index (χ3n) is 7.64. The van der Waals surface area contributed by atoms with Gasteiger partial charge in [0, 0.05) is 13.0 Å². The van der Waals surface area contributed by atoms with E-state index in [1.54, 1.807) is 0 Å². The van der Waals surface area contributed by atoms with Crippen molar-refractivity contribution in [2.24, 2.45) is 0 Å². The zero-order valence-electron chi connectivity index (χ0n) is 24.8. The molecule has 1 aliphatic heterocycles. The average molecular weight is 571 g/mol. The van der Waals surface area contributed by atoms with Crippen molar-refractivity contribution in [2.75, 3.05) is 19.6 Å². The van der Waals surface area contributed by atoms with Gasteiger partial charge in [-0.25, -0.2) is 0 Å². The predicted molar refractivity (Wildman–Crippen MR) is 164 cm³/mol. The monoisotopic (exact) mass is 570 g/mol. The van der Waals surface area contributed by atoms with Gasteiger partial charge in [-0.3, -0.25) is 19.3 Å². The minimum absolute atomic E-state index is 0.217. The van der Waals surface area contributed by atoms with Crippen molar-refractivity contribution in [1.29, 1.82) is 0 Å². The standard InChI is InChI=1S/C34H42N4O4/c1-4-35-32(39)30-22-25-14-10-16-27(20-25)42-28-17-11-15-26(21-28)23-31(38(5-2)6-3)34(41)36-29(33(40)37-30)19-18-24-12-8-7-9-13-24/h7-17,20-21,29-31H,4-6,18-19,22-23H2,1-3H3,(H,35,39)(H,36,41)(H,37,40)/t29-,30-,31-/m0/s1. The Morgan fingerprint density at radius 3 is 2.10 bits per heavy atom. The van der Waals surface area contributed by atoms with E-state index in [0.29, 0.717) is 50.4 Å². The van der Waals surface area contributed by atoms with E-state index in [0.717, 1.165) is 16.7 Å². The van der Waals surface area contributed by atoms with Gasteiger partial charge < -0.3 is 20.7 Å². The van der Waals surface area contributed by atoms with Gasteiger partial charge in [0.25, 0.3) is 0 Å². The molecule has 3 N–H and O–H groups in total. The highest BCUT2D eigenvalue weighted by atomic mass is 16.5. The van der Waals surface area contributed by atoms with E-state index in [-0.39, 0.29) is 24.1 Å². The van der Waals surface area contributed by atoms with E-state index in [9.17, 15) is 14.4 Å². The quantitative estimate of drug-likeness (QED) is 0.380. The molecule has 0 unspecified atom stereocenters. The summed E-state index contributed by atoms with van der Waals surface area (Å²) < 4.78 is 6.19. The van der Waals surface area contributed by atoms with Gasteiger partial charge in [-0.05, 0) is 80.2 Å². The molecular weight excluding hydrogens is 528 g/mol. The zero-order chi connectivity index (χ0) is 29.9. The first-order chi connectivity index (χ1) is 20.4. The van der Waals surface area contributed by atoms with Crippen LogP contribution in [0, 0.1) is 0 Å². The van der Waals surface area contributed by atoms with E-state index in [1.807, 2.05) is 99.6 Å². The van der Waals surface area contributed by atoms with E-state index in [4.69, 9.17) is 4.74 Å². The summed E-state index contributed by atoms with van der Waals surface area (Å²) in [5.74, 6) is 0.432. The Balaban J connectivity index is 1.73. The van der Waals surface area contributed by atoms with Crippen LogP contribution in [0.5, 0.6) is 11.5 Å². The molecular formula is C34H42N4O4. The largest absolute Gasteiger partial charge is 0.457 e. The lowest BCUT2D eigenvalue weighted by atomic mass is 10.00. The Hall–Kier alpha value is -4.17. The molecule has 0 spiro atoms. The Labute approximate surface area is 248 Å². The number of benzene rings is 3. The third-order valence-corrected chi connectivity index (χ3v) is 7.64. The molecule has 1 aliphatic rings. The molecule has 0 fully saturated rings. The normalized spacial score (nSPS) is 19.4. The lowest BCUT2D eigenvalue weighted by Crippen LogP contribution is -2.57. The van der Waals surface area contributed by atoms with Gasteiger partial charge in [0.1, 0.15) is 23.6 Å². The van der Waals surface area contributed by atoms with Crippen LogP contribution in [0.15, 0.2) is 78.9 Å². The summed E-state index contributed by atoms with van der Waals surface area (Å²) in [5.41, 5.74) is 2.88. The van der Waals surface area contributed by atoms with Crippen molar-refractivity contribution in [1.82, 2.24) is 20.9 Å². The summed E-state index contributed by atoms with van der Waals surface area (Å²) in [5, 5.41) is 8.87. The summed E-state index contributed by atoms with van der Waals surface area (Å²) >= 11 is 0. The number of carbonyl (C=O) groups is 3. The molecule has 0 aliphatic carbocycles. The van der Waals surface area contributed by atoms with Crippen molar-refractivity contribution in [3.63, 3.8) is 0 Å². The number of ether oxygens (including phenoxy) is 1. The van der Waals surface area contributed by atoms with Crippen LogP contribution >= 0.6 is 0 Å². The fourth-order valence-electron chi connectivity index (χ4n) is 5.39. The van der Waals surface area contributed by atoms with Gasteiger partial charge >= 0.3 is 0 Å². The fraction of sp³-hybridized carbons (Fsp3) is 0.382. The number of fused-ring (bicyclic) bond motifs is 4. The first-order valence-electron chi connectivity index (χ1n) is 14.9. The summed E-state index contributed by atoms with van der Waals surface area (Å²) in [6, 6.07) is 23.1. The topological polar surface area (TPSA) is 99.8 Å². The van der Waals surface area contributed by atoms with Crippen molar-refractivity contribution in [3.8, 4) is 11.5 Å². The molecule has 8 nitrogen and oxygen atoms in total. The van der Waals surface area contributed by atoms with E-state index >= 15 is 0 Å². The summed E-state index contributed by atoms with van der Waals surface area (Å²) in [6.07, 6.45) is 1.73. The minimum Gasteiger partial charge on any atom is -0.457 e. The van der Waals surface area contributed by atoms with Crippen LogP contribution in [0.25, 0.3) is 0 Å². The second kappa shape index (κ2) is 15.2. The maximum Gasteiger partial charge on any atom is 0.243 e. The molecule has 0 aromatic heterocycles. The summed E-state index contributed by atoms with van der Waals surface area (Å²) in [7, 11) is 0. The van der Waals surface area contributed by atoms with Gasteiger partial charge in [-0.15, -0.1) is 0 Å². The molecule has 3 atom stereocenters. The van der Waals surface area contributed by atoms with Crippen LogP contribution in [0.1, 0.15) is 43.9 Å². The number of amides is 3. The van der Waals surface area contributed by atoms with E-state index in [1.165, 1.54) is 0 Å². The average Bonchev–Trinajstić information content (AvgIpc) is 2.99. The highest BCUT2D eigenvalue weighted by Crippen LogP contribution is 2.25. The molecule has 3 amide bonds. The molecule has 4 rings (SSSR count). The number of rotatable bonds is 8. The van der Waals surface area contributed by atoms with E-state index in [2.05, 4.69) is 20.9 Å². The van der Waals surface area contributed by atoms with Crippen molar-refractivity contribution < 1.29 is 19.1 Å². The Kier molecular flexibility index (Phi) is 11.1. The molecule has 3 aromatic rings. The third kappa shape index (κ3) is 8.42. The van der Waals surface area contributed by atoms with Gasteiger partial charge in [0.05, 0.1) is 6.04 Å². The summed E-state index contributed by atoms with van der Waals surface area (Å²) in [6.45, 7) is 7.69. The Morgan fingerprint density at radius 1 is 0.833 bits per heavy atom. The smallest absolute Gasteiger partial charge is 0.243 e. The van der Waals surface area contributed by atoms with E-state index < -0.39 is 18.1 Å². The highest BCUT2D eigenvalue weighted by Gasteiger charge is 2.31. The second-order valence-electron chi connectivity index (χ2n) is 10.6. The first kappa shape index (κ1) is 30.8. The van der Waals surface area contributed by atoms with Gasteiger partial charge in [-0.1, -0.05) is 68.4 Å². The molecule has 1 heterocycles. The zero-order valence-corrected chi connectivity index (χ0v) is 24.8. The predicted octanol–water partition coefficient (Wildman–Crippen LogP) is 4.03. The Bertz CT molecular complexity index is 1340. The van der Waals surface area contributed by atoms with Crippen LogP contribution in [-0.4, -0.2) is 60.4 Å². The SMILES string of the molecule is CCNC(=O)[C@@H]1Cc2cccc(c2)Oc2cccc(c2)C[C@H](N(CC)CC)C(=O)N[C@@H](CCc2ccccc2)C(=O)N1. The lowest BCUT2D eigenvalue weighted by molar-refractivity contribution is -0.133.